The third-order valence-corrected chi connectivity index (χ3v) is 8.82. The van der Waals surface area contributed by atoms with E-state index in [2.05, 4.69) is 0 Å². The molecule has 0 amide bonds. The number of halogens is 11. The lowest BCUT2D eigenvalue weighted by Gasteiger charge is -2.38. The summed E-state index contributed by atoms with van der Waals surface area (Å²) in [4.78, 5) is 0. The lowest BCUT2D eigenvalue weighted by atomic mass is 9.96. The lowest BCUT2D eigenvalue weighted by Crippen LogP contribution is -2.66. The van der Waals surface area contributed by atoms with Crippen LogP contribution in [0.25, 0.3) is 0 Å². The minimum Gasteiger partial charge on any atom is -0.420 e. The highest BCUT2D eigenvalue weighted by molar-refractivity contribution is 6.73. The molecule has 0 saturated heterocycles. The maximum absolute atomic E-state index is 13.6. The van der Waals surface area contributed by atoms with E-state index in [-0.39, 0.29) is 12.1 Å². The van der Waals surface area contributed by atoms with Gasteiger partial charge in [0.2, 0.25) is 0 Å². The fourth-order valence-electron chi connectivity index (χ4n) is 2.14. The summed E-state index contributed by atoms with van der Waals surface area (Å²) in [5, 5.41) is 0. The van der Waals surface area contributed by atoms with Gasteiger partial charge in [0, 0.05) is 13.5 Å². The maximum atomic E-state index is 13.6. The summed E-state index contributed by atoms with van der Waals surface area (Å²) in [6.45, 7) is 2.95. The Morgan fingerprint density at radius 2 is 1.08 bits per heavy atom. The molecule has 0 radical (unpaired) electrons. The summed E-state index contributed by atoms with van der Waals surface area (Å²) in [6.07, 6.45) is -9.14. The van der Waals surface area contributed by atoms with Crippen molar-refractivity contribution in [3.05, 3.63) is 0 Å². The van der Waals surface area contributed by atoms with Crippen LogP contribution in [0.5, 0.6) is 0 Å². The van der Waals surface area contributed by atoms with E-state index in [0.29, 0.717) is 0 Å². The standard InChI is InChI=1S/C12H17F11OSi/c1-4-25(5-2,24-3)7-6-8(13,14)9(15,16)10(17,18)11(19,20)12(21,22)23/h4-7H2,1-3H3. The van der Waals surface area contributed by atoms with E-state index in [4.69, 9.17) is 4.43 Å². The number of alkyl halides is 11. The van der Waals surface area contributed by atoms with Gasteiger partial charge >= 0.3 is 29.9 Å². The van der Waals surface area contributed by atoms with Crippen molar-refractivity contribution in [3.8, 4) is 0 Å². The Balaban J connectivity index is 5.74. The zero-order valence-electron chi connectivity index (χ0n) is 13.4. The third kappa shape index (κ3) is 4.06. The second-order valence-electron chi connectivity index (χ2n) is 5.52. The van der Waals surface area contributed by atoms with Crippen LogP contribution >= 0.6 is 0 Å². The molecule has 152 valence electrons. The molecule has 13 heteroatoms. The van der Waals surface area contributed by atoms with Crippen LogP contribution in [0.4, 0.5) is 48.3 Å². The Bertz CT molecular complexity index is 435. The molecule has 0 heterocycles. The van der Waals surface area contributed by atoms with Gasteiger partial charge in [0.25, 0.3) is 0 Å². The highest BCUT2D eigenvalue weighted by Crippen LogP contribution is 2.58. The molecule has 0 atom stereocenters. The van der Waals surface area contributed by atoms with Crippen LogP contribution < -0.4 is 0 Å². The second-order valence-corrected chi connectivity index (χ2v) is 10.2. The number of hydrogen-bond donors (Lipinski definition) is 0. The monoisotopic (exact) mass is 414 g/mol. The fraction of sp³-hybridized carbons (Fsp3) is 1.00. The maximum Gasteiger partial charge on any atom is 0.460 e. The van der Waals surface area contributed by atoms with E-state index in [1.165, 1.54) is 13.8 Å². The van der Waals surface area contributed by atoms with Gasteiger partial charge in [-0.05, 0) is 18.1 Å². The van der Waals surface area contributed by atoms with E-state index >= 15 is 0 Å². The predicted octanol–water partition coefficient (Wildman–Crippen LogP) is 6.11. The van der Waals surface area contributed by atoms with Crippen LogP contribution in [0.2, 0.25) is 18.1 Å². The van der Waals surface area contributed by atoms with Crippen molar-refractivity contribution in [1.29, 1.82) is 0 Å². The topological polar surface area (TPSA) is 9.23 Å². The summed E-state index contributed by atoms with van der Waals surface area (Å²) in [7, 11) is -1.92. The van der Waals surface area contributed by atoms with E-state index < -0.39 is 50.6 Å². The van der Waals surface area contributed by atoms with Crippen molar-refractivity contribution < 1.29 is 52.7 Å². The molecule has 25 heavy (non-hydrogen) atoms. The van der Waals surface area contributed by atoms with Gasteiger partial charge in [-0.3, -0.25) is 0 Å². The van der Waals surface area contributed by atoms with Gasteiger partial charge in [0.15, 0.2) is 8.32 Å². The quantitative estimate of drug-likeness (QED) is 0.327. The normalized spacial score (nSPS) is 15.6. The van der Waals surface area contributed by atoms with Crippen LogP contribution in [0, 0.1) is 0 Å². The Kier molecular flexibility index (Phi) is 7.03. The Morgan fingerprint density at radius 3 is 1.36 bits per heavy atom. The molecule has 0 aromatic rings. The molecule has 0 unspecified atom stereocenters. The summed E-state index contributed by atoms with van der Waals surface area (Å²) in [5.41, 5.74) is 0. The first kappa shape index (κ1) is 24.4. The first-order valence-corrected chi connectivity index (χ1v) is 9.55. The van der Waals surface area contributed by atoms with E-state index in [1.807, 2.05) is 0 Å². The SMILES string of the molecule is CC[Si](CC)(CCC(F)(F)C(F)(F)C(F)(F)C(F)(F)C(F)(F)F)OC. The summed E-state index contributed by atoms with van der Waals surface area (Å²) >= 11 is 0. The van der Waals surface area contributed by atoms with Gasteiger partial charge in [-0.2, -0.15) is 48.3 Å². The van der Waals surface area contributed by atoms with Gasteiger partial charge in [0.1, 0.15) is 0 Å². The van der Waals surface area contributed by atoms with Gasteiger partial charge in [0.05, 0.1) is 0 Å². The molecular weight excluding hydrogens is 397 g/mol. The third-order valence-electron chi connectivity index (χ3n) is 4.22. The average molecular weight is 414 g/mol. The summed E-state index contributed by atoms with van der Waals surface area (Å²) < 4.78 is 146. The summed E-state index contributed by atoms with van der Waals surface area (Å²) in [6, 6.07) is -0.541. The molecule has 0 aliphatic carbocycles. The molecule has 0 fully saturated rings. The van der Waals surface area contributed by atoms with Gasteiger partial charge < -0.3 is 4.43 Å². The summed E-state index contributed by atoms with van der Waals surface area (Å²) in [5.74, 6) is -27.4. The molecule has 0 N–H and O–H groups in total. The van der Waals surface area contributed by atoms with Gasteiger partial charge in [-0.1, -0.05) is 13.8 Å². The molecular formula is C12H17F11OSi. The molecule has 0 saturated carbocycles. The highest BCUT2D eigenvalue weighted by atomic mass is 28.4. The predicted molar refractivity (Wildman–Crippen MR) is 69.0 cm³/mol. The molecule has 0 aliphatic rings. The molecule has 1 nitrogen and oxygen atoms in total. The van der Waals surface area contributed by atoms with Crippen molar-refractivity contribution in [1.82, 2.24) is 0 Å². The Morgan fingerprint density at radius 1 is 0.680 bits per heavy atom. The zero-order chi connectivity index (χ0) is 20.5. The smallest absolute Gasteiger partial charge is 0.420 e. The molecule has 0 spiro atoms. The minimum atomic E-state index is -7.34. The van der Waals surface area contributed by atoms with Crippen LogP contribution in [-0.2, 0) is 4.43 Å². The highest BCUT2D eigenvalue weighted by Gasteiger charge is 2.86. The van der Waals surface area contributed by atoms with Gasteiger partial charge in [-0.15, -0.1) is 0 Å². The molecule has 0 aliphatic heterocycles. The second kappa shape index (κ2) is 7.20. The van der Waals surface area contributed by atoms with Crippen LogP contribution in [0.3, 0.4) is 0 Å². The lowest BCUT2D eigenvalue weighted by molar-refractivity contribution is -0.422. The number of hydrogen-bond acceptors (Lipinski definition) is 1. The number of rotatable bonds is 9. The van der Waals surface area contributed by atoms with Crippen molar-refractivity contribution in [2.45, 2.75) is 68.3 Å². The first-order valence-electron chi connectivity index (χ1n) is 7.02. The molecule has 0 bridgehead atoms. The fourth-order valence-corrected chi connectivity index (χ4v) is 4.90. The Hall–Kier alpha value is -0.593. The van der Waals surface area contributed by atoms with Crippen LogP contribution in [-0.4, -0.2) is 45.3 Å². The van der Waals surface area contributed by atoms with Gasteiger partial charge in [-0.25, -0.2) is 0 Å². The van der Waals surface area contributed by atoms with E-state index in [9.17, 15) is 48.3 Å². The first-order chi connectivity index (χ1) is 10.9. The zero-order valence-corrected chi connectivity index (χ0v) is 14.4. The molecule has 0 aromatic carbocycles. The van der Waals surface area contributed by atoms with E-state index in [1.54, 1.807) is 0 Å². The van der Waals surface area contributed by atoms with E-state index in [0.717, 1.165) is 7.11 Å². The van der Waals surface area contributed by atoms with Crippen LogP contribution in [0.15, 0.2) is 0 Å². The van der Waals surface area contributed by atoms with Crippen LogP contribution in [0.1, 0.15) is 20.3 Å². The molecule has 0 rings (SSSR count). The minimum absolute atomic E-state index is 0.136. The van der Waals surface area contributed by atoms with Crippen molar-refractivity contribution in [3.63, 3.8) is 0 Å². The average Bonchev–Trinajstić information content (AvgIpc) is 2.47. The van der Waals surface area contributed by atoms with Crippen molar-refractivity contribution in [2.75, 3.05) is 7.11 Å². The molecule has 0 aromatic heterocycles. The van der Waals surface area contributed by atoms with Crippen molar-refractivity contribution in [2.24, 2.45) is 0 Å². The largest absolute Gasteiger partial charge is 0.460 e. The van der Waals surface area contributed by atoms with Crippen molar-refractivity contribution >= 4 is 8.32 Å². The Labute approximate surface area is 137 Å².